The van der Waals surface area contributed by atoms with Crippen LogP contribution in [0.15, 0.2) is 48.5 Å². The summed E-state index contributed by atoms with van der Waals surface area (Å²) in [5.74, 6) is -1.33. The number of aryl methyl sites for hydroxylation is 1. The Kier molecular flexibility index (Phi) is 9.71. The highest BCUT2D eigenvalue weighted by Crippen LogP contribution is 2.35. The number of carbonyl (C=O) groups excluding carboxylic acids is 6. The maximum atomic E-state index is 13.6. The average molecular weight is 855 g/mol. The molecule has 8 rings (SSSR count). The number of halogens is 1. The average Bonchev–Trinajstić information content (AvgIpc) is 3.86. The first-order valence-electron chi connectivity index (χ1n) is 18.5. The SMILES string of the molecule is Cc1cc(O[C@H]2CC[C@H](N(C)C(=O)c3ccc4c(c3)CN(C(=O)CN3Cc5cc6c(cc5C3)C(=O)N(C3CCC(=O)N(I)C3=O)C6=O)C4)CC2)ccc1C#N. The summed E-state index contributed by atoms with van der Waals surface area (Å²) in [4.78, 5) is 85.3. The number of hydrogen-bond acceptors (Lipinski definition) is 9. The van der Waals surface area contributed by atoms with Crippen LogP contribution in [0, 0.1) is 18.3 Å². The molecule has 3 aromatic rings. The Morgan fingerprint density at radius 3 is 2.16 bits per heavy atom. The van der Waals surface area contributed by atoms with E-state index in [4.69, 9.17) is 4.74 Å². The predicted octanol–water partition coefficient (Wildman–Crippen LogP) is 4.65. The van der Waals surface area contributed by atoms with E-state index in [9.17, 15) is 34.0 Å². The molecule has 6 amide bonds. The summed E-state index contributed by atoms with van der Waals surface area (Å²) in [6.45, 7) is 3.78. The van der Waals surface area contributed by atoms with Crippen LogP contribution in [-0.2, 0) is 40.6 Å². The number of ether oxygens (including phenoxy) is 1. The highest BCUT2D eigenvalue weighted by molar-refractivity contribution is 14.1. The second-order valence-electron chi connectivity index (χ2n) is 15.1. The Bertz CT molecular complexity index is 2180. The van der Waals surface area contributed by atoms with E-state index >= 15 is 0 Å². The molecule has 282 valence electrons. The third-order valence-corrected chi connectivity index (χ3v) is 12.7. The zero-order valence-corrected chi connectivity index (χ0v) is 32.7. The molecule has 14 heteroatoms. The van der Waals surface area contributed by atoms with Crippen LogP contribution in [0.5, 0.6) is 5.75 Å². The molecule has 1 saturated heterocycles. The summed E-state index contributed by atoms with van der Waals surface area (Å²) < 4.78 is 7.16. The highest BCUT2D eigenvalue weighted by Gasteiger charge is 2.47. The Morgan fingerprint density at radius 2 is 1.51 bits per heavy atom. The van der Waals surface area contributed by atoms with Gasteiger partial charge in [0.2, 0.25) is 11.8 Å². The largest absolute Gasteiger partial charge is 0.490 e. The number of benzene rings is 3. The summed E-state index contributed by atoms with van der Waals surface area (Å²) in [5, 5.41) is 9.20. The molecular formula is C41H39IN6O7. The van der Waals surface area contributed by atoms with Crippen molar-refractivity contribution in [1.29, 1.82) is 5.26 Å². The quantitative estimate of drug-likeness (QED) is 0.188. The van der Waals surface area contributed by atoms with Crippen molar-refractivity contribution in [3.63, 3.8) is 0 Å². The first kappa shape index (κ1) is 36.8. The van der Waals surface area contributed by atoms with Crippen LogP contribution in [0.25, 0.3) is 0 Å². The number of hydrogen-bond donors (Lipinski definition) is 0. The minimum Gasteiger partial charge on any atom is -0.490 e. The molecule has 1 unspecified atom stereocenters. The molecule has 0 bridgehead atoms. The van der Waals surface area contributed by atoms with Gasteiger partial charge in [-0.25, -0.2) is 3.11 Å². The van der Waals surface area contributed by atoms with E-state index in [-0.39, 0.29) is 60.4 Å². The van der Waals surface area contributed by atoms with Gasteiger partial charge in [-0.05, 0) is 109 Å². The molecule has 13 nitrogen and oxygen atoms in total. The van der Waals surface area contributed by atoms with Crippen molar-refractivity contribution >= 4 is 58.3 Å². The number of amides is 6. The number of carbonyl (C=O) groups is 6. The molecule has 0 spiro atoms. The molecule has 4 heterocycles. The van der Waals surface area contributed by atoms with Crippen molar-refractivity contribution in [2.45, 2.75) is 89.8 Å². The molecule has 3 aromatic carbocycles. The van der Waals surface area contributed by atoms with E-state index in [1.165, 1.54) is 0 Å². The molecule has 0 aromatic heterocycles. The Morgan fingerprint density at radius 1 is 0.855 bits per heavy atom. The minimum absolute atomic E-state index is 0.0473. The second-order valence-corrected chi connectivity index (χ2v) is 16.1. The van der Waals surface area contributed by atoms with Gasteiger partial charge in [-0.1, -0.05) is 6.07 Å². The summed E-state index contributed by atoms with van der Waals surface area (Å²) in [6, 6.07) is 15.9. The van der Waals surface area contributed by atoms with Crippen LogP contribution >= 0.6 is 22.9 Å². The molecule has 1 aliphatic carbocycles. The molecule has 5 aliphatic rings. The van der Waals surface area contributed by atoms with E-state index in [0.717, 1.165) is 67.3 Å². The lowest BCUT2D eigenvalue weighted by molar-refractivity contribution is -0.143. The van der Waals surface area contributed by atoms with Crippen molar-refractivity contribution in [3.05, 3.63) is 98.6 Å². The second kappa shape index (κ2) is 14.5. The van der Waals surface area contributed by atoms with Crippen LogP contribution in [0.4, 0.5) is 0 Å². The molecule has 0 N–H and O–H groups in total. The van der Waals surface area contributed by atoms with Crippen LogP contribution < -0.4 is 4.74 Å². The normalized spacial score (nSPS) is 22.1. The lowest BCUT2D eigenvalue weighted by atomic mass is 9.91. The first-order valence-corrected chi connectivity index (χ1v) is 19.5. The van der Waals surface area contributed by atoms with Gasteiger partial charge in [0, 0.05) is 51.3 Å². The van der Waals surface area contributed by atoms with E-state index in [0.29, 0.717) is 37.3 Å². The topological polar surface area (TPSA) is 152 Å². The van der Waals surface area contributed by atoms with Gasteiger partial charge in [0.15, 0.2) is 0 Å². The van der Waals surface area contributed by atoms with Crippen molar-refractivity contribution < 1.29 is 33.5 Å². The standard InChI is InChI=1S/C41H39IN6O7/c1-23-13-32(8-5-25(23)17-43)55-31-9-6-30(7-10-31)44(2)38(51)24-3-4-26-20-46(21-27(26)14-24)37(50)22-45-18-28-15-33-34(16-29(28)19-45)40(53)47(39(33)52)35-11-12-36(49)48(42)41(35)54/h3-5,8,13-16,30-31,35H,6-7,9-12,18-22H2,1-2H3/t30-,31-,35?. The zero-order chi connectivity index (χ0) is 38.7. The number of rotatable bonds is 7. The fraction of sp³-hybridized carbons (Fsp3) is 0.390. The minimum atomic E-state index is -1.01. The summed E-state index contributed by atoms with van der Waals surface area (Å²) >= 11 is 1.62. The number of fused-ring (bicyclic) bond motifs is 3. The van der Waals surface area contributed by atoms with E-state index in [1.807, 2.05) is 54.1 Å². The third-order valence-electron chi connectivity index (χ3n) is 11.7. The van der Waals surface area contributed by atoms with Gasteiger partial charge in [-0.15, -0.1) is 0 Å². The monoisotopic (exact) mass is 854 g/mol. The summed E-state index contributed by atoms with van der Waals surface area (Å²) in [7, 11) is 1.85. The zero-order valence-electron chi connectivity index (χ0n) is 30.5. The molecular weight excluding hydrogens is 815 g/mol. The first-order chi connectivity index (χ1) is 26.4. The van der Waals surface area contributed by atoms with E-state index in [2.05, 4.69) is 6.07 Å². The van der Waals surface area contributed by atoms with Crippen molar-refractivity contribution in [1.82, 2.24) is 22.7 Å². The number of piperidine rings is 1. The van der Waals surface area contributed by atoms with E-state index in [1.54, 1.807) is 46.0 Å². The number of imide groups is 2. The van der Waals surface area contributed by atoms with Gasteiger partial charge in [-0.3, -0.25) is 38.6 Å². The van der Waals surface area contributed by atoms with Crippen molar-refractivity contribution in [2.24, 2.45) is 0 Å². The van der Waals surface area contributed by atoms with Gasteiger partial charge < -0.3 is 14.5 Å². The van der Waals surface area contributed by atoms with Gasteiger partial charge in [0.05, 0.1) is 58.3 Å². The molecule has 0 radical (unpaired) electrons. The Labute approximate surface area is 332 Å². The maximum absolute atomic E-state index is 13.6. The fourth-order valence-electron chi connectivity index (χ4n) is 8.54. The van der Waals surface area contributed by atoms with Crippen LogP contribution in [0.3, 0.4) is 0 Å². The summed E-state index contributed by atoms with van der Waals surface area (Å²) in [5.41, 5.74) is 6.28. The number of nitriles is 1. The smallest absolute Gasteiger partial charge is 0.262 e. The van der Waals surface area contributed by atoms with Gasteiger partial charge in [-0.2, -0.15) is 5.26 Å². The molecule has 4 aliphatic heterocycles. The highest BCUT2D eigenvalue weighted by atomic mass is 127. The van der Waals surface area contributed by atoms with Crippen LogP contribution in [-0.4, -0.2) is 89.9 Å². The number of nitrogens with zero attached hydrogens (tertiary/aromatic N) is 6. The third kappa shape index (κ3) is 6.77. The lowest BCUT2D eigenvalue weighted by Crippen LogP contribution is -2.53. The van der Waals surface area contributed by atoms with Crippen LogP contribution in [0.1, 0.15) is 103 Å². The van der Waals surface area contributed by atoms with Gasteiger partial charge in [0.1, 0.15) is 11.8 Å². The van der Waals surface area contributed by atoms with Gasteiger partial charge in [0.25, 0.3) is 23.6 Å². The van der Waals surface area contributed by atoms with E-state index < -0.39 is 23.8 Å². The molecule has 55 heavy (non-hydrogen) atoms. The summed E-state index contributed by atoms with van der Waals surface area (Å²) in [6.07, 6.45) is 3.54. The molecule has 1 saturated carbocycles. The van der Waals surface area contributed by atoms with Gasteiger partial charge >= 0.3 is 0 Å². The van der Waals surface area contributed by atoms with Crippen molar-refractivity contribution in [3.8, 4) is 11.8 Å². The maximum Gasteiger partial charge on any atom is 0.262 e. The fourth-order valence-corrected chi connectivity index (χ4v) is 9.10. The Balaban J connectivity index is 0.841. The molecule has 1 atom stereocenters. The van der Waals surface area contributed by atoms with Crippen LogP contribution in [0.2, 0.25) is 0 Å². The lowest BCUT2D eigenvalue weighted by Gasteiger charge is -2.35. The predicted molar refractivity (Wildman–Crippen MR) is 205 cm³/mol. The molecule has 2 fully saturated rings. The Hall–Kier alpha value is -5.14. The van der Waals surface area contributed by atoms with Crippen molar-refractivity contribution in [2.75, 3.05) is 13.6 Å².